The molecule has 3 aromatic rings. The maximum absolute atomic E-state index is 12.9. The van der Waals surface area contributed by atoms with Gasteiger partial charge in [-0.05, 0) is 62.8 Å². The van der Waals surface area contributed by atoms with E-state index in [0.717, 1.165) is 35.0 Å². The van der Waals surface area contributed by atoms with E-state index < -0.39 is 5.60 Å². The van der Waals surface area contributed by atoms with Gasteiger partial charge in [0.05, 0.1) is 22.8 Å². The van der Waals surface area contributed by atoms with E-state index in [-0.39, 0.29) is 12.5 Å². The van der Waals surface area contributed by atoms with Crippen LogP contribution in [0.25, 0.3) is 22.2 Å². The quantitative estimate of drug-likeness (QED) is 0.454. The number of ether oxygens (including phenoxy) is 1. The fraction of sp³-hybridized carbons (Fsp3) is 0.407. The van der Waals surface area contributed by atoms with Crippen molar-refractivity contribution in [1.82, 2.24) is 4.57 Å². The topological polar surface area (TPSA) is 55.0 Å². The van der Waals surface area contributed by atoms with Crippen LogP contribution in [0.4, 0.5) is 0 Å². The van der Waals surface area contributed by atoms with Gasteiger partial charge in [-0.1, -0.05) is 55.7 Å². The number of hydrogen-bond acceptors (Lipinski definition) is 3. The van der Waals surface area contributed by atoms with Gasteiger partial charge < -0.3 is 9.30 Å². The number of fused-ring (bicyclic) bond motifs is 1. The smallest absolute Gasteiger partial charge is 0.326 e. The highest BCUT2D eigenvalue weighted by Crippen LogP contribution is 2.44. The van der Waals surface area contributed by atoms with Crippen molar-refractivity contribution in [2.24, 2.45) is 0 Å². The maximum atomic E-state index is 12.9. The highest BCUT2D eigenvalue weighted by Gasteiger charge is 2.28. The van der Waals surface area contributed by atoms with Crippen LogP contribution in [0.3, 0.4) is 0 Å². The molecule has 2 aromatic carbocycles. The van der Waals surface area contributed by atoms with Gasteiger partial charge in [0, 0.05) is 5.39 Å². The van der Waals surface area contributed by atoms with Crippen LogP contribution < -0.4 is 0 Å². The molecule has 1 aliphatic rings. The summed E-state index contributed by atoms with van der Waals surface area (Å²) < 4.78 is 7.74. The number of hydrogen-bond donors (Lipinski definition) is 0. The lowest BCUT2D eigenvalue weighted by Crippen LogP contribution is -2.26. The first-order valence-corrected chi connectivity index (χ1v) is 11.2. The van der Waals surface area contributed by atoms with Crippen LogP contribution in [0.1, 0.15) is 69.9 Å². The van der Waals surface area contributed by atoms with E-state index in [4.69, 9.17) is 4.74 Å². The van der Waals surface area contributed by atoms with Gasteiger partial charge >= 0.3 is 5.97 Å². The molecule has 0 amide bonds. The first-order valence-electron chi connectivity index (χ1n) is 11.2. The van der Waals surface area contributed by atoms with Crippen molar-refractivity contribution in [3.05, 3.63) is 59.7 Å². The molecule has 1 aromatic heterocycles. The molecule has 1 heterocycles. The fourth-order valence-corrected chi connectivity index (χ4v) is 4.82. The van der Waals surface area contributed by atoms with Gasteiger partial charge in [0.25, 0.3) is 0 Å². The van der Waals surface area contributed by atoms with Gasteiger partial charge in [-0.15, -0.1) is 0 Å². The highest BCUT2D eigenvalue weighted by molar-refractivity contribution is 5.94. The predicted octanol–water partition coefficient (Wildman–Crippen LogP) is 6.57. The third-order valence-corrected chi connectivity index (χ3v) is 6.00. The summed E-state index contributed by atoms with van der Waals surface area (Å²) in [5, 5.41) is 10.7. The molecule has 4 rings (SSSR count). The van der Waals surface area contributed by atoms with Crippen LogP contribution in [0.15, 0.2) is 48.5 Å². The van der Waals surface area contributed by atoms with Gasteiger partial charge in [-0.25, -0.2) is 0 Å². The number of rotatable bonds is 4. The largest absolute Gasteiger partial charge is 0.459 e. The van der Waals surface area contributed by atoms with Crippen molar-refractivity contribution in [3.63, 3.8) is 0 Å². The minimum absolute atomic E-state index is 0.125. The van der Waals surface area contributed by atoms with Crippen molar-refractivity contribution in [2.75, 3.05) is 0 Å². The van der Waals surface area contributed by atoms with Gasteiger partial charge in [0.1, 0.15) is 12.1 Å². The Hall–Kier alpha value is -3.06. The minimum Gasteiger partial charge on any atom is -0.459 e. The molecule has 0 atom stereocenters. The van der Waals surface area contributed by atoms with E-state index >= 15 is 0 Å². The lowest BCUT2D eigenvalue weighted by atomic mass is 9.82. The van der Waals surface area contributed by atoms with Gasteiger partial charge in [-0.3, -0.25) is 4.79 Å². The lowest BCUT2D eigenvalue weighted by molar-refractivity contribution is -0.155. The minimum atomic E-state index is -0.545. The summed E-state index contributed by atoms with van der Waals surface area (Å²) in [5.41, 5.74) is 4.49. The second-order valence-electron chi connectivity index (χ2n) is 9.48. The molecule has 160 valence electrons. The highest BCUT2D eigenvalue weighted by atomic mass is 16.6. The fourth-order valence-electron chi connectivity index (χ4n) is 4.82. The Balaban J connectivity index is 1.96. The van der Waals surface area contributed by atoms with Crippen LogP contribution in [0, 0.1) is 11.3 Å². The summed E-state index contributed by atoms with van der Waals surface area (Å²) >= 11 is 0. The SMILES string of the molecule is CC(C)(C)OC(=O)Cn1c(-c2ccccc2)c(C2CCCCC2)c2ccc(C#N)cc21. The normalized spacial score (nSPS) is 15.0. The number of benzene rings is 2. The van der Waals surface area contributed by atoms with Crippen molar-refractivity contribution >= 4 is 16.9 Å². The van der Waals surface area contributed by atoms with Crippen LogP contribution in [-0.2, 0) is 16.1 Å². The number of carbonyl (C=O) groups excluding carboxylic acids is 1. The van der Waals surface area contributed by atoms with E-state index in [1.807, 2.05) is 51.1 Å². The van der Waals surface area contributed by atoms with E-state index in [2.05, 4.69) is 28.8 Å². The average molecular weight is 415 g/mol. The number of esters is 1. The second kappa shape index (κ2) is 8.59. The Morgan fingerprint density at radius 2 is 1.81 bits per heavy atom. The third kappa shape index (κ3) is 4.51. The molecule has 0 bridgehead atoms. The molecular weight excluding hydrogens is 384 g/mol. The summed E-state index contributed by atoms with van der Waals surface area (Å²) in [4.78, 5) is 12.9. The van der Waals surface area contributed by atoms with Crippen LogP contribution in [0.2, 0.25) is 0 Å². The number of nitriles is 1. The van der Waals surface area contributed by atoms with E-state index in [0.29, 0.717) is 11.5 Å². The number of nitrogens with zero attached hydrogens (tertiary/aromatic N) is 2. The monoisotopic (exact) mass is 414 g/mol. The molecule has 1 fully saturated rings. The number of carbonyl (C=O) groups is 1. The summed E-state index contributed by atoms with van der Waals surface area (Å²) in [5.74, 6) is 0.193. The third-order valence-electron chi connectivity index (χ3n) is 6.00. The predicted molar refractivity (Wildman–Crippen MR) is 124 cm³/mol. The van der Waals surface area contributed by atoms with Crippen molar-refractivity contribution in [2.45, 2.75) is 70.9 Å². The molecule has 1 aliphatic carbocycles. The van der Waals surface area contributed by atoms with Gasteiger partial charge in [-0.2, -0.15) is 5.26 Å². The second-order valence-corrected chi connectivity index (χ2v) is 9.48. The first kappa shape index (κ1) is 21.2. The zero-order valence-electron chi connectivity index (χ0n) is 18.6. The van der Waals surface area contributed by atoms with E-state index in [1.54, 1.807) is 0 Å². The van der Waals surface area contributed by atoms with Crippen LogP contribution >= 0.6 is 0 Å². The lowest BCUT2D eigenvalue weighted by Gasteiger charge is -2.24. The summed E-state index contributed by atoms with van der Waals surface area (Å²) in [6.45, 7) is 5.79. The molecule has 1 saturated carbocycles. The Labute approximate surface area is 184 Å². The molecule has 0 saturated heterocycles. The zero-order chi connectivity index (χ0) is 22.0. The van der Waals surface area contributed by atoms with E-state index in [9.17, 15) is 10.1 Å². The molecular formula is C27H30N2O2. The van der Waals surface area contributed by atoms with E-state index in [1.165, 1.54) is 24.8 Å². The van der Waals surface area contributed by atoms with Crippen molar-refractivity contribution < 1.29 is 9.53 Å². The molecule has 4 nitrogen and oxygen atoms in total. The Morgan fingerprint density at radius 1 is 1.10 bits per heavy atom. The maximum Gasteiger partial charge on any atom is 0.326 e. The summed E-state index contributed by atoms with van der Waals surface area (Å²) in [7, 11) is 0. The molecule has 4 heteroatoms. The number of aromatic nitrogens is 1. The molecule has 31 heavy (non-hydrogen) atoms. The molecule has 0 unspecified atom stereocenters. The molecule has 0 spiro atoms. The van der Waals surface area contributed by atoms with Crippen LogP contribution in [-0.4, -0.2) is 16.1 Å². The van der Waals surface area contributed by atoms with Crippen molar-refractivity contribution in [3.8, 4) is 17.3 Å². The Morgan fingerprint density at radius 3 is 2.45 bits per heavy atom. The Kier molecular flexibility index (Phi) is 5.87. The molecule has 0 aliphatic heterocycles. The standard InChI is InChI=1S/C27H30N2O2/c1-27(2,3)31-24(30)18-29-23-16-19(17-28)14-15-22(23)25(20-10-6-4-7-11-20)26(29)21-12-8-5-9-13-21/h5,8-9,12-16,20H,4,6-7,10-11,18H2,1-3H3. The van der Waals surface area contributed by atoms with Gasteiger partial charge in [0.15, 0.2) is 0 Å². The Bertz CT molecular complexity index is 1120. The van der Waals surface area contributed by atoms with Crippen LogP contribution in [0.5, 0.6) is 0 Å². The van der Waals surface area contributed by atoms with Gasteiger partial charge in [0.2, 0.25) is 0 Å². The van der Waals surface area contributed by atoms with Crippen molar-refractivity contribution in [1.29, 1.82) is 5.26 Å². The molecule has 0 N–H and O–H groups in total. The average Bonchev–Trinajstić information content (AvgIpc) is 3.06. The zero-order valence-corrected chi connectivity index (χ0v) is 18.6. The summed E-state index contributed by atoms with van der Waals surface area (Å²) in [6, 6.07) is 18.4. The first-order chi connectivity index (χ1) is 14.9. The molecule has 0 radical (unpaired) electrons. The summed E-state index contributed by atoms with van der Waals surface area (Å²) in [6.07, 6.45) is 6.06.